The van der Waals surface area contributed by atoms with Gasteiger partial charge in [-0.15, -0.1) is 0 Å². The Balaban J connectivity index is 1.77. The zero-order chi connectivity index (χ0) is 24.3. The van der Waals surface area contributed by atoms with Crippen LogP contribution in [0, 0.1) is 0 Å². The van der Waals surface area contributed by atoms with E-state index < -0.39 is 9.71 Å². The lowest BCUT2D eigenvalue weighted by Crippen LogP contribution is -2.32. The summed E-state index contributed by atoms with van der Waals surface area (Å²) >= 11 is 0. The van der Waals surface area contributed by atoms with E-state index in [1.54, 1.807) is 37.6 Å². The van der Waals surface area contributed by atoms with Crippen LogP contribution in [0.2, 0.25) is 0 Å². The number of hydrogen-bond donors (Lipinski definition) is 1. The molecule has 1 N–H and O–H groups in total. The maximum atomic E-state index is 12.1. The summed E-state index contributed by atoms with van der Waals surface area (Å²) < 4.78 is 27.8. The fourth-order valence-corrected chi connectivity index (χ4v) is 4.11. The predicted octanol–water partition coefficient (Wildman–Crippen LogP) is 3.04. The van der Waals surface area contributed by atoms with Gasteiger partial charge in [-0.2, -0.15) is 5.10 Å². The monoisotopic (exact) mass is 480 g/mol. The summed E-state index contributed by atoms with van der Waals surface area (Å²) in [6, 6.07) is 11.6. The Morgan fingerprint density at radius 3 is 2.41 bits per heavy atom. The Bertz CT molecular complexity index is 1400. The molecule has 0 aliphatic carbocycles. The maximum Gasteiger partial charge on any atom is 0.124 e. The predicted molar refractivity (Wildman–Crippen MR) is 137 cm³/mol. The van der Waals surface area contributed by atoms with Gasteiger partial charge in [-0.1, -0.05) is 0 Å². The van der Waals surface area contributed by atoms with Gasteiger partial charge in [0.05, 0.1) is 43.3 Å². The number of nitrogens with one attached hydrogen (secondary N) is 1. The molecule has 0 radical (unpaired) electrons. The maximum absolute atomic E-state index is 12.1. The summed E-state index contributed by atoms with van der Waals surface area (Å²) in [6.45, 7) is 0.982. The van der Waals surface area contributed by atoms with E-state index in [9.17, 15) is 4.21 Å². The second kappa shape index (κ2) is 9.70. The Morgan fingerprint density at radius 2 is 1.79 bits per heavy atom. The third-order valence-electron chi connectivity index (χ3n) is 5.23. The Hall–Kier alpha value is -3.63. The molecule has 0 bridgehead atoms. The number of ether oxygens (including phenoxy) is 2. The minimum absolute atomic E-state index is 0.456. The highest BCUT2D eigenvalue weighted by Crippen LogP contribution is 2.34. The topological polar surface area (TPSA) is 94.4 Å². The molecule has 2 aromatic heterocycles. The number of rotatable bonds is 9. The van der Waals surface area contributed by atoms with Gasteiger partial charge in [-0.05, 0) is 24.1 Å². The van der Waals surface area contributed by atoms with Crippen molar-refractivity contribution in [2.75, 3.05) is 38.5 Å². The fourth-order valence-electron chi connectivity index (χ4n) is 3.59. The van der Waals surface area contributed by atoms with E-state index in [4.69, 9.17) is 14.5 Å². The molecule has 9 nitrogen and oxygen atoms in total. The van der Waals surface area contributed by atoms with Crippen LogP contribution in [0.15, 0.2) is 55.0 Å². The van der Waals surface area contributed by atoms with Crippen LogP contribution in [0.1, 0.15) is 0 Å². The van der Waals surface area contributed by atoms with E-state index in [1.807, 2.05) is 49.6 Å². The van der Waals surface area contributed by atoms with E-state index >= 15 is 0 Å². The largest absolute Gasteiger partial charge is 0.497 e. The number of aromatic nitrogens is 4. The van der Waals surface area contributed by atoms with Gasteiger partial charge in [-0.3, -0.25) is 13.9 Å². The van der Waals surface area contributed by atoms with Crippen LogP contribution < -0.4 is 19.1 Å². The van der Waals surface area contributed by atoms with Gasteiger partial charge in [0.2, 0.25) is 0 Å². The SMILES string of the molecule is C=S(C)(=O)NCCN(c1cc(OC)cc(OC)c1)c1ccc2ncc(-c3cnn(C)c3)nc2c1. The van der Waals surface area contributed by atoms with Crippen molar-refractivity contribution in [3.8, 4) is 22.8 Å². The number of benzene rings is 2. The van der Waals surface area contributed by atoms with E-state index in [-0.39, 0.29) is 0 Å². The normalized spacial score (nSPS) is 12.9. The second-order valence-electron chi connectivity index (χ2n) is 7.95. The summed E-state index contributed by atoms with van der Waals surface area (Å²) in [5, 5.41) is 4.23. The van der Waals surface area contributed by atoms with Gasteiger partial charge in [0.15, 0.2) is 0 Å². The van der Waals surface area contributed by atoms with Crippen LogP contribution in [-0.4, -0.2) is 63.4 Å². The van der Waals surface area contributed by atoms with Crippen molar-refractivity contribution >= 4 is 38.0 Å². The third kappa shape index (κ3) is 5.46. The molecule has 34 heavy (non-hydrogen) atoms. The minimum atomic E-state index is -2.34. The van der Waals surface area contributed by atoms with Gasteiger partial charge in [0.1, 0.15) is 11.5 Å². The molecule has 2 heterocycles. The first-order chi connectivity index (χ1) is 16.3. The number of methoxy groups -OCH3 is 2. The van der Waals surface area contributed by atoms with Crippen molar-refractivity contribution in [2.24, 2.45) is 7.05 Å². The number of hydrogen-bond acceptors (Lipinski definition) is 7. The first-order valence-corrected chi connectivity index (χ1v) is 12.7. The molecule has 10 heteroatoms. The van der Waals surface area contributed by atoms with Crippen molar-refractivity contribution in [2.45, 2.75) is 0 Å². The van der Waals surface area contributed by atoms with Crippen molar-refractivity contribution in [1.82, 2.24) is 24.5 Å². The number of nitrogens with zero attached hydrogens (tertiary/aromatic N) is 5. The number of anilines is 2. The second-order valence-corrected chi connectivity index (χ2v) is 10.3. The summed E-state index contributed by atoms with van der Waals surface area (Å²) in [4.78, 5) is 11.5. The Kier molecular flexibility index (Phi) is 6.71. The Morgan fingerprint density at radius 1 is 1.06 bits per heavy atom. The molecule has 0 aliphatic rings. The highest BCUT2D eigenvalue weighted by atomic mass is 32.2. The molecular weight excluding hydrogens is 452 g/mol. The average molecular weight is 481 g/mol. The van der Waals surface area contributed by atoms with Crippen LogP contribution in [0.4, 0.5) is 11.4 Å². The molecule has 2 aromatic carbocycles. The van der Waals surface area contributed by atoms with Crippen molar-refractivity contribution in [3.63, 3.8) is 0 Å². The van der Waals surface area contributed by atoms with Crippen LogP contribution >= 0.6 is 0 Å². The molecule has 0 saturated carbocycles. The molecule has 1 unspecified atom stereocenters. The third-order valence-corrected chi connectivity index (χ3v) is 6.04. The van der Waals surface area contributed by atoms with Crippen molar-refractivity contribution < 1.29 is 13.7 Å². The lowest BCUT2D eigenvalue weighted by Gasteiger charge is -2.26. The van der Waals surface area contributed by atoms with Crippen molar-refractivity contribution in [3.05, 3.63) is 55.0 Å². The van der Waals surface area contributed by atoms with Gasteiger partial charge in [-0.25, -0.2) is 9.71 Å². The van der Waals surface area contributed by atoms with E-state index in [0.717, 1.165) is 33.7 Å². The molecule has 4 rings (SSSR count). The lowest BCUT2D eigenvalue weighted by molar-refractivity contribution is 0.394. The molecule has 0 fully saturated rings. The molecule has 178 valence electrons. The van der Waals surface area contributed by atoms with Crippen LogP contribution in [-0.2, 0) is 16.8 Å². The summed E-state index contributed by atoms with van der Waals surface area (Å²) in [6.07, 6.45) is 7.00. The fraction of sp³-hybridized carbons (Fsp3) is 0.250. The summed E-state index contributed by atoms with van der Waals surface area (Å²) in [5.41, 5.74) is 4.94. The zero-order valence-electron chi connectivity index (χ0n) is 19.7. The van der Waals surface area contributed by atoms with Gasteiger partial charge in [0.25, 0.3) is 0 Å². The van der Waals surface area contributed by atoms with Gasteiger partial charge in [0, 0.05) is 77.4 Å². The molecule has 0 spiro atoms. The van der Waals surface area contributed by atoms with Crippen molar-refractivity contribution in [1.29, 1.82) is 0 Å². The van der Waals surface area contributed by atoms with Crippen LogP contribution in [0.3, 0.4) is 0 Å². The standard InChI is InChI=1S/C24H28N6O3S/c1-29-16-17(14-26-29)24-15-25-22-7-6-18(12-23(22)28-24)30(9-8-27-34(4,5)31)19-10-20(32-2)13-21(11-19)33-3/h6-7,10-16H,4,8-9H2,1-3,5H3,(H,27,31). The highest BCUT2D eigenvalue weighted by molar-refractivity contribution is 7.97. The molecule has 0 aliphatic heterocycles. The summed E-state index contributed by atoms with van der Waals surface area (Å²) in [7, 11) is 2.76. The molecule has 4 aromatic rings. The average Bonchev–Trinajstić information content (AvgIpc) is 3.26. The Labute approximate surface area is 199 Å². The molecular formula is C24H28N6O3S. The number of fused-ring (bicyclic) bond motifs is 1. The first kappa shape index (κ1) is 23.5. The van der Waals surface area contributed by atoms with E-state index in [1.165, 1.54) is 0 Å². The molecule has 0 amide bonds. The van der Waals surface area contributed by atoms with Gasteiger partial charge < -0.3 is 14.4 Å². The van der Waals surface area contributed by atoms with Crippen LogP contribution in [0.5, 0.6) is 11.5 Å². The lowest BCUT2D eigenvalue weighted by atomic mass is 10.2. The minimum Gasteiger partial charge on any atom is -0.497 e. The van der Waals surface area contributed by atoms with E-state index in [0.29, 0.717) is 24.6 Å². The smallest absolute Gasteiger partial charge is 0.124 e. The zero-order valence-corrected chi connectivity index (χ0v) is 20.5. The highest BCUT2D eigenvalue weighted by Gasteiger charge is 2.15. The first-order valence-electron chi connectivity index (χ1n) is 10.6. The number of aryl methyl sites for hydroxylation is 1. The van der Waals surface area contributed by atoms with Gasteiger partial charge >= 0.3 is 0 Å². The molecule has 0 saturated heterocycles. The van der Waals surface area contributed by atoms with E-state index in [2.05, 4.69) is 25.6 Å². The molecule has 1 atom stereocenters. The summed E-state index contributed by atoms with van der Waals surface area (Å²) in [5.74, 6) is 5.02. The van der Waals surface area contributed by atoms with Crippen LogP contribution in [0.25, 0.3) is 22.3 Å². The quantitative estimate of drug-likeness (QED) is 0.368.